The normalized spacial score (nSPS) is 10.5. The van der Waals surface area contributed by atoms with Crippen LogP contribution in [0.15, 0.2) is 18.2 Å². The Hall–Kier alpha value is -1.22. The van der Waals surface area contributed by atoms with Gasteiger partial charge in [-0.25, -0.2) is 0 Å². The average molecular weight is 265 g/mol. The maximum absolute atomic E-state index is 5.38. The summed E-state index contributed by atoms with van der Waals surface area (Å²) in [6.45, 7) is 4.16. The van der Waals surface area contributed by atoms with Crippen LogP contribution in [-0.2, 0) is 6.54 Å². The summed E-state index contributed by atoms with van der Waals surface area (Å²) in [6, 6.07) is 5.96. The molecule has 1 N–H and O–H groups in total. The minimum atomic E-state index is 0.833. The van der Waals surface area contributed by atoms with E-state index < -0.39 is 0 Å². The summed E-state index contributed by atoms with van der Waals surface area (Å²) in [5.74, 6) is 1.72. The first-order valence-electron chi connectivity index (χ1n) is 7.23. The van der Waals surface area contributed by atoms with Crippen molar-refractivity contribution in [1.82, 2.24) is 5.32 Å². The first kappa shape index (κ1) is 15.8. The number of hydrogen-bond donors (Lipinski definition) is 1. The van der Waals surface area contributed by atoms with Crippen LogP contribution in [0.1, 0.15) is 44.6 Å². The molecule has 0 spiro atoms. The molecule has 0 amide bonds. The fourth-order valence-electron chi connectivity index (χ4n) is 2.07. The third-order valence-corrected chi connectivity index (χ3v) is 3.27. The van der Waals surface area contributed by atoms with Gasteiger partial charge in [0.05, 0.1) is 14.2 Å². The van der Waals surface area contributed by atoms with E-state index in [-0.39, 0.29) is 0 Å². The fraction of sp³-hybridized carbons (Fsp3) is 0.625. The van der Waals surface area contributed by atoms with Crippen LogP contribution < -0.4 is 14.8 Å². The van der Waals surface area contributed by atoms with Crippen LogP contribution in [0.3, 0.4) is 0 Å². The van der Waals surface area contributed by atoms with Gasteiger partial charge in [0.2, 0.25) is 0 Å². The summed E-state index contributed by atoms with van der Waals surface area (Å²) in [5.41, 5.74) is 1.18. The van der Waals surface area contributed by atoms with E-state index in [1.54, 1.807) is 14.2 Å². The minimum Gasteiger partial charge on any atom is -0.497 e. The van der Waals surface area contributed by atoms with E-state index in [2.05, 4.69) is 18.3 Å². The Morgan fingerprint density at radius 1 is 1.00 bits per heavy atom. The van der Waals surface area contributed by atoms with Crippen molar-refractivity contribution in [3.8, 4) is 11.5 Å². The highest BCUT2D eigenvalue weighted by molar-refractivity contribution is 5.40. The van der Waals surface area contributed by atoms with Crippen molar-refractivity contribution < 1.29 is 9.47 Å². The molecule has 3 heteroatoms. The van der Waals surface area contributed by atoms with Crippen molar-refractivity contribution >= 4 is 0 Å². The Morgan fingerprint density at radius 2 is 1.79 bits per heavy atom. The van der Waals surface area contributed by atoms with Crippen molar-refractivity contribution in [2.75, 3.05) is 20.8 Å². The number of nitrogens with one attached hydrogen (secondary N) is 1. The monoisotopic (exact) mass is 265 g/mol. The van der Waals surface area contributed by atoms with Crippen LogP contribution in [0.4, 0.5) is 0 Å². The summed E-state index contributed by atoms with van der Waals surface area (Å²) in [7, 11) is 3.37. The van der Waals surface area contributed by atoms with Crippen LogP contribution in [0.2, 0.25) is 0 Å². The Balaban J connectivity index is 2.28. The lowest BCUT2D eigenvalue weighted by atomic mass is 10.1. The van der Waals surface area contributed by atoms with Gasteiger partial charge in [0.25, 0.3) is 0 Å². The molecule has 1 aromatic rings. The Bertz CT molecular complexity index is 353. The predicted octanol–water partition coefficient (Wildman–Crippen LogP) is 3.76. The standard InChI is InChI=1S/C16H27NO2/c1-4-5-6-7-8-11-17-13-14-9-10-15(18-2)12-16(14)19-3/h9-10,12,17H,4-8,11,13H2,1-3H3. The second-order valence-corrected chi connectivity index (χ2v) is 4.77. The molecule has 3 nitrogen and oxygen atoms in total. The van der Waals surface area contributed by atoms with E-state index in [0.29, 0.717) is 0 Å². The summed E-state index contributed by atoms with van der Waals surface area (Å²) >= 11 is 0. The lowest BCUT2D eigenvalue weighted by Crippen LogP contribution is -2.15. The Labute approximate surface area is 117 Å². The van der Waals surface area contributed by atoms with Crippen molar-refractivity contribution in [3.63, 3.8) is 0 Å². The lowest BCUT2D eigenvalue weighted by Gasteiger charge is -2.11. The van der Waals surface area contributed by atoms with Gasteiger partial charge in [0.15, 0.2) is 0 Å². The molecule has 0 aromatic heterocycles. The molecule has 1 aromatic carbocycles. The SMILES string of the molecule is CCCCCCCNCc1ccc(OC)cc1OC. The highest BCUT2D eigenvalue weighted by Gasteiger charge is 2.04. The highest BCUT2D eigenvalue weighted by Crippen LogP contribution is 2.24. The number of ether oxygens (including phenoxy) is 2. The van der Waals surface area contributed by atoms with Gasteiger partial charge in [0, 0.05) is 18.2 Å². The molecule has 0 atom stereocenters. The Morgan fingerprint density at radius 3 is 2.47 bits per heavy atom. The third-order valence-electron chi connectivity index (χ3n) is 3.27. The molecule has 0 unspecified atom stereocenters. The van der Waals surface area contributed by atoms with Gasteiger partial charge >= 0.3 is 0 Å². The maximum atomic E-state index is 5.38. The molecule has 108 valence electrons. The topological polar surface area (TPSA) is 30.5 Å². The van der Waals surface area contributed by atoms with Crippen LogP contribution in [0.25, 0.3) is 0 Å². The van der Waals surface area contributed by atoms with Crippen molar-refractivity contribution in [2.45, 2.75) is 45.6 Å². The molecule has 0 heterocycles. The van der Waals surface area contributed by atoms with Gasteiger partial charge in [-0.05, 0) is 19.0 Å². The average Bonchev–Trinajstić information content (AvgIpc) is 2.46. The molecular weight excluding hydrogens is 238 g/mol. The van der Waals surface area contributed by atoms with Gasteiger partial charge < -0.3 is 14.8 Å². The molecular formula is C16H27NO2. The highest BCUT2D eigenvalue weighted by atomic mass is 16.5. The molecule has 0 aliphatic carbocycles. The molecule has 19 heavy (non-hydrogen) atoms. The van der Waals surface area contributed by atoms with Gasteiger partial charge in [-0.1, -0.05) is 38.7 Å². The molecule has 1 rings (SSSR count). The molecule has 0 aliphatic rings. The molecule has 0 bridgehead atoms. The van der Waals surface area contributed by atoms with Gasteiger partial charge in [0.1, 0.15) is 11.5 Å². The maximum Gasteiger partial charge on any atom is 0.127 e. The second kappa shape index (κ2) is 9.68. The van der Waals surface area contributed by atoms with Gasteiger partial charge in [-0.3, -0.25) is 0 Å². The first-order valence-corrected chi connectivity index (χ1v) is 7.23. The van der Waals surface area contributed by atoms with Crippen molar-refractivity contribution in [2.24, 2.45) is 0 Å². The molecule has 0 radical (unpaired) electrons. The second-order valence-electron chi connectivity index (χ2n) is 4.77. The van der Waals surface area contributed by atoms with Crippen LogP contribution in [0.5, 0.6) is 11.5 Å². The van der Waals surface area contributed by atoms with E-state index in [4.69, 9.17) is 9.47 Å². The molecule has 0 saturated carbocycles. The Kier molecular flexibility index (Phi) is 8.07. The summed E-state index contributed by atoms with van der Waals surface area (Å²) in [6.07, 6.45) is 6.58. The summed E-state index contributed by atoms with van der Waals surface area (Å²) in [4.78, 5) is 0. The van der Waals surface area contributed by atoms with Crippen molar-refractivity contribution in [3.05, 3.63) is 23.8 Å². The smallest absolute Gasteiger partial charge is 0.127 e. The van der Waals surface area contributed by atoms with Crippen LogP contribution >= 0.6 is 0 Å². The fourth-order valence-corrected chi connectivity index (χ4v) is 2.07. The van der Waals surface area contributed by atoms with Crippen LogP contribution in [-0.4, -0.2) is 20.8 Å². The van der Waals surface area contributed by atoms with E-state index in [1.165, 1.54) is 37.7 Å². The van der Waals surface area contributed by atoms with E-state index in [0.717, 1.165) is 24.6 Å². The number of methoxy groups -OCH3 is 2. The largest absolute Gasteiger partial charge is 0.497 e. The number of benzene rings is 1. The molecule has 0 saturated heterocycles. The zero-order chi connectivity index (χ0) is 13.9. The lowest BCUT2D eigenvalue weighted by molar-refractivity contribution is 0.389. The third kappa shape index (κ3) is 5.97. The summed E-state index contributed by atoms with van der Waals surface area (Å²) in [5, 5.41) is 3.47. The minimum absolute atomic E-state index is 0.833. The quantitative estimate of drug-likeness (QED) is 0.653. The number of rotatable bonds is 10. The van der Waals surface area contributed by atoms with E-state index in [9.17, 15) is 0 Å². The molecule has 0 aliphatic heterocycles. The van der Waals surface area contributed by atoms with E-state index in [1.807, 2.05) is 12.1 Å². The number of unbranched alkanes of at least 4 members (excludes halogenated alkanes) is 4. The zero-order valence-corrected chi connectivity index (χ0v) is 12.5. The summed E-state index contributed by atoms with van der Waals surface area (Å²) < 4.78 is 10.6. The van der Waals surface area contributed by atoms with Crippen molar-refractivity contribution in [1.29, 1.82) is 0 Å². The van der Waals surface area contributed by atoms with Gasteiger partial charge in [-0.2, -0.15) is 0 Å². The van der Waals surface area contributed by atoms with E-state index >= 15 is 0 Å². The first-order chi connectivity index (χ1) is 9.31. The zero-order valence-electron chi connectivity index (χ0n) is 12.5. The predicted molar refractivity (Wildman–Crippen MR) is 80.0 cm³/mol. The van der Waals surface area contributed by atoms with Gasteiger partial charge in [-0.15, -0.1) is 0 Å². The molecule has 0 fully saturated rings. The van der Waals surface area contributed by atoms with Crippen LogP contribution in [0, 0.1) is 0 Å². The number of hydrogen-bond acceptors (Lipinski definition) is 3.